The average molecular weight is 486 g/mol. The summed E-state index contributed by atoms with van der Waals surface area (Å²) in [5.41, 5.74) is 2.60. The van der Waals surface area contributed by atoms with Gasteiger partial charge in [0.25, 0.3) is 0 Å². The number of nitrogens with zero attached hydrogens (tertiary/aromatic N) is 7. The molecule has 1 aliphatic heterocycles. The minimum atomic E-state index is -0.0609. The molecule has 10 heteroatoms. The second kappa shape index (κ2) is 12.0. The van der Waals surface area contributed by atoms with Gasteiger partial charge < -0.3 is 15.5 Å². The topological polar surface area (TPSA) is 123 Å². The molecule has 0 radical (unpaired) electrons. The van der Waals surface area contributed by atoms with Crippen LogP contribution in [0.5, 0.6) is 0 Å². The van der Waals surface area contributed by atoms with Crippen molar-refractivity contribution < 1.29 is 4.79 Å². The van der Waals surface area contributed by atoms with Gasteiger partial charge in [-0.25, -0.2) is 19.9 Å². The number of hydrogen-bond acceptors (Lipinski definition) is 9. The molecule has 3 aromatic rings. The summed E-state index contributed by atoms with van der Waals surface area (Å²) >= 11 is 0. The van der Waals surface area contributed by atoms with E-state index in [9.17, 15) is 10.1 Å². The standard InChI is InChI=1S/C26H31N9O/c1-3-11-35(4-2)25-19(15-27)14-20(16-30-25)22-9-10-28-26(32-22)31-21-7-8-23(29-17-21)33-24(36)18-34-12-5-6-13-34/h7-10,14,16-17H,3-6,11-13,18H2,1-2H3,(H,28,31,32)(H,29,33,36). The van der Waals surface area contributed by atoms with Crippen LogP contribution in [0.1, 0.15) is 38.7 Å². The molecule has 1 amide bonds. The van der Waals surface area contributed by atoms with Crippen molar-refractivity contribution in [3.05, 3.63) is 48.4 Å². The largest absolute Gasteiger partial charge is 0.356 e. The smallest absolute Gasteiger partial charge is 0.239 e. The van der Waals surface area contributed by atoms with Crippen molar-refractivity contribution in [2.24, 2.45) is 0 Å². The molecule has 1 aliphatic rings. The molecule has 0 aromatic carbocycles. The zero-order chi connectivity index (χ0) is 25.3. The van der Waals surface area contributed by atoms with Crippen LogP contribution in [0.3, 0.4) is 0 Å². The highest BCUT2D eigenvalue weighted by Gasteiger charge is 2.16. The van der Waals surface area contributed by atoms with Gasteiger partial charge >= 0.3 is 0 Å². The second-order valence-corrected chi connectivity index (χ2v) is 8.64. The van der Waals surface area contributed by atoms with Crippen molar-refractivity contribution in [2.75, 3.05) is 48.3 Å². The molecule has 186 valence electrons. The van der Waals surface area contributed by atoms with Gasteiger partial charge in [-0.3, -0.25) is 9.69 Å². The number of hydrogen-bond donors (Lipinski definition) is 2. The van der Waals surface area contributed by atoms with E-state index in [1.807, 2.05) is 12.1 Å². The van der Waals surface area contributed by atoms with Gasteiger partial charge in [0.15, 0.2) is 0 Å². The highest BCUT2D eigenvalue weighted by molar-refractivity contribution is 5.91. The number of anilines is 4. The average Bonchev–Trinajstić information content (AvgIpc) is 3.41. The monoisotopic (exact) mass is 485 g/mol. The zero-order valence-electron chi connectivity index (χ0n) is 20.7. The quantitative estimate of drug-likeness (QED) is 0.441. The van der Waals surface area contributed by atoms with Crippen LogP contribution in [0, 0.1) is 11.3 Å². The molecule has 10 nitrogen and oxygen atoms in total. The Kier molecular flexibility index (Phi) is 8.36. The van der Waals surface area contributed by atoms with Crippen LogP contribution in [-0.4, -0.2) is 63.5 Å². The molecule has 0 aliphatic carbocycles. The molecule has 4 rings (SSSR count). The third kappa shape index (κ3) is 6.31. The van der Waals surface area contributed by atoms with Gasteiger partial charge in [-0.05, 0) is 63.5 Å². The van der Waals surface area contributed by atoms with Crippen LogP contribution in [-0.2, 0) is 4.79 Å². The van der Waals surface area contributed by atoms with E-state index in [0.717, 1.165) is 51.0 Å². The number of carbonyl (C=O) groups is 1. The molecule has 0 spiro atoms. The van der Waals surface area contributed by atoms with Gasteiger partial charge in [-0.1, -0.05) is 6.92 Å². The van der Waals surface area contributed by atoms with Crippen LogP contribution >= 0.6 is 0 Å². The molecule has 1 saturated heterocycles. The van der Waals surface area contributed by atoms with Crippen molar-refractivity contribution >= 4 is 29.2 Å². The van der Waals surface area contributed by atoms with E-state index in [4.69, 9.17) is 0 Å². The first kappa shape index (κ1) is 25.0. The number of amides is 1. The van der Waals surface area contributed by atoms with Gasteiger partial charge in [0, 0.05) is 31.0 Å². The molecular weight excluding hydrogens is 454 g/mol. The van der Waals surface area contributed by atoms with Crippen molar-refractivity contribution in [1.29, 1.82) is 5.26 Å². The lowest BCUT2D eigenvalue weighted by molar-refractivity contribution is -0.117. The summed E-state index contributed by atoms with van der Waals surface area (Å²) in [6, 6.07) is 9.42. The van der Waals surface area contributed by atoms with Crippen molar-refractivity contribution in [3.8, 4) is 17.3 Å². The molecule has 0 saturated carbocycles. The minimum Gasteiger partial charge on any atom is -0.356 e. The maximum atomic E-state index is 12.2. The van der Waals surface area contributed by atoms with E-state index in [-0.39, 0.29) is 5.91 Å². The van der Waals surface area contributed by atoms with Crippen LogP contribution in [0.2, 0.25) is 0 Å². The van der Waals surface area contributed by atoms with Gasteiger partial charge in [0.05, 0.1) is 29.7 Å². The predicted octanol–water partition coefficient (Wildman–Crippen LogP) is 3.82. The second-order valence-electron chi connectivity index (χ2n) is 8.64. The Morgan fingerprint density at radius 1 is 1.14 bits per heavy atom. The van der Waals surface area contributed by atoms with Crippen LogP contribution in [0.15, 0.2) is 42.9 Å². The molecule has 36 heavy (non-hydrogen) atoms. The van der Waals surface area contributed by atoms with E-state index in [1.165, 1.54) is 0 Å². The first-order valence-electron chi connectivity index (χ1n) is 12.3. The first-order chi connectivity index (χ1) is 17.6. The fourth-order valence-electron chi connectivity index (χ4n) is 4.19. The Morgan fingerprint density at radius 2 is 1.97 bits per heavy atom. The number of pyridine rings is 2. The first-order valence-corrected chi connectivity index (χ1v) is 12.3. The van der Waals surface area contributed by atoms with Gasteiger partial charge in [-0.2, -0.15) is 5.26 Å². The third-order valence-corrected chi connectivity index (χ3v) is 5.97. The van der Waals surface area contributed by atoms with E-state index < -0.39 is 0 Å². The van der Waals surface area contributed by atoms with E-state index in [2.05, 4.69) is 60.3 Å². The normalized spacial score (nSPS) is 13.2. The molecule has 4 heterocycles. The van der Waals surface area contributed by atoms with E-state index >= 15 is 0 Å². The lowest BCUT2D eigenvalue weighted by Gasteiger charge is -2.22. The Labute approximate surface area is 211 Å². The molecule has 3 aromatic heterocycles. The van der Waals surface area contributed by atoms with Gasteiger partial charge in [-0.15, -0.1) is 0 Å². The summed E-state index contributed by atoms with van der Waals surface area (Å²) < 4.78 is 0. The summed E-state index contributed by atoms with van der Waals surface area (Å²) in [7, 11) is 0. The molecule has 0 unspecified atom stereocenters. The summed E-state index contributed by atoms with van der Waals surface area (Å²) in [6.45, 7) is 8.11. The Hall–Kier alpha value is -4.10. The highest BCUT2D eigenvalue weighted by atomic mass is 16.2. The van der Waals surface area contributed by atoms with Gasteiger partial charge in [0.2, 0.25) is 11.9 Å². The molecule has 0 bridgehead atoms. The number of carbonyl (C=O) groups excluding carboxylic acids is 1. The van der Waals surface area contributed by atoms with Crippen LogP contribution < -0.4 is 15.5 Å². The predicted molar refractivity (Wildman–Crippen MR) is 140 cm³/mol. The van der Waals surface area contributed by atoms with Crippen molar-refractivity contribution in [2.45, 2.75) is 33.1 Å². The summed E-state index contributed by atoms with van der Waals surface area (Å²) in [5.74, 6) is 1.52. The molecule has 0 atom stereocenters. The lowest BCUT2D eigenvalue weighted by atomic mass is 10.1. The molecule has 2 N–H and O–H groups in total. The SMILES string of the molecule is CCCN(CC)c1ncc(-c2ccnc(Nc3ccc(NC(=O)CN4CCCC4)nc3)n2)cc1C#N. The number of rotatable bonds is 10. The number of nitrogens with one attached hydrogen (secondary N) is 2. The maximum Gasteiger partial charge on any atom is 0.239 e. The minimum absolute atomic E-state index is 0.0609. The fourth-order valence-corrected chi connectivity index (χ4v) is 4.19. The Morgan fingerprint density at radius 3 is 2.67 bits per heavy atom. The summed E-state index contributed by atoms with van der Waals surface area (Å²) in [5, 5.41) is 15.7. The van der Waals surface area contributed by atoms with E-state index in [1.54, 1.807) is 30.7 Å². The molecule has 1 fully saturated rings. The number of likely N-dealkylation sites (tertiary alicyclic amines) is 1. The zero-order valence-corrected chi connectivity index (χ0v) is 20.7. The van der Waals surface area contributed by atoms with Crippen LogP contribution in [0.25, 0.3) is 11.3 Å². The summed E-state index contributed by atoms with van der Waals surface area (Å²) in [6.07, 6.45) is 8.28. The van der Waals surface area contributed by atoms with Gasteiger partial charge in [0.1, 0.15) is 17.7 Å². The number of nitriles is 1. The van der Waals surface area contributed by atoms with Crippen LogP contribution in [0.4, 0.5) is 23.3 Å². The third-order valence-electron chi connectivity index (χ3n) is 5.97. The lowest BCUT2D eigenvalue weighted by Crippen LogP contribution is -2.31. The molecular formula is C26H31N9O. The van der Waals surface area contributed by atoms with Crippen molar-refractivity contribution in [3.63, 3.8) is 0 Å². The fraction of sp³-hybridized carbons (Fsp3) is 0.385. The Balaban J connectivity index is 1.43. The highest BCUT2D eigenvalue weighted by Crippen LogP contribution is 2.25. The number of aromatic nitrogens is 4. The van der Waals surface area contributed by atoms with E-state index in [0.29, 0.717) is 41.1 Å². The summed E-state index contributed by atoms with van der Waals surface area (Å²) in [4.78, 5) is 34.2. The maximum absolute atomic E-state index is 12.2. The van der Waals surface area contributed by atoms with Crippen molar-refractivity contribution in [1.82, 2.24) is 24.8 Å². The Bertz CT molecular complexity index is 1220.